The minimum atomic E-state index is -2.16. The van der Waals surface area contributed by atoms with E-state index in [2.05, 4.69) is 79.8 Å². The Kier molecular flexibility index (Phi) is 30.5. The summed E-state index contributed by atoms with van der Waals surface area (Å²) in [4.78, 5) is 63.2. The highest BCUT2D eigenvalue weighted by molar-refractivity contribution is 7.97. The maximum absolute atomic E-state index is 15.4. The second-order valence-corrected chi connectivity index (χ2v) is 55.6. The molecule has 746 valence electrons. The second kappa shape index (κ2) is 39.7. The number of hydrogen-bond donors (Lipinski definition) is 4. The van der Waals surface area contributed by atoms with Gasteiger partial charge in [0, 0.05) is 141 Å². The fraction of sp³-hybridized carbons (Fsp3) is 0.944. The number of carbonyl (C=O) groups is 4. The van der Waals surface area contributed by atoms with Crippen molar-refractivity contribution in [3.8, 4) is 0 Å². The Morgan fingerprint density at radius 2 is 0.718 bits per heavy atom. The summed E-state index contributed by atoms with van der Waals surface area (Å²) in [6, 6.07) is 0. The SMILES string of the molecule is C=S(C)(=O)N1CCN(CC(=O)[C@H]2CC[C@H]3[C@@H]4CC[C@@H]5C[C@@](O)(CF)CC[C@@H]5[C@H]4CC[C@]23C)CC1.C=S(C)(=O)N1CCN(CC(=O)[C@H]2CC[C@H]3[C@@H]4CC[C@H]5C[C@@](O)(COCC)CC[C@@H]5[C@H]4CC[C@]23C)CC1.C[C@@]1(O)CC[C@@H]2[C@H]3CC[C@]4(C)[C@@H](C(=O)CN5CCOCC5)CC[C@H]4[C@@H]3C[C@@H](F)[C@H]2C1.C[C@H]1CN(CC(=O)[C@H]2CC[C@H]3[C@@H]4CC[C@@H]5C[C@](C)(O)CC[C@@H]5[C@H]4CC[C@]23C)C[C@H](C)O1. The quantitative estimate of drug-likeness (QED) is 0.0935. The van der Waals surface area contributed by atoms with Crippen molar-refractivity contribution in [2.45, 2.75) is 328 Å². The van der Waals surface area contributed by atoms with Gasteiger partial charge in [-0.25, -0.2) is 17.4 Å². The first-order valence-corrected chi connectivity index (χ1v) is 58.3. The molecule has 37 atom stereocenters. The molecule has 20 aliphatic rings. The van der Waals surface area contributed by atoms with E-state index in [-0.39, 0.29) is 63.5 Å². The van der Waals surface area contributed by atoms with Crippen molar-refractivity contribution in [2.75, 3.05) is 150 Å². The Morgan fingerprint density at radius 1 is 0.389 bits per heavy atom. The first-order chi connectivity index (χ1) is 62.0. The molecule has 0 aromatic heterocycles. The van der Waals surface area contributed by atoms with Crippen LogP contribution in [0.15, 0.2) is 0 Å². The lowest BCUT2D eigenvalue weighted by molar-refractivity contribution is -0.140. The van der Waals surface area contributed by atoms with Gasteiger partial charge in [0.25, 0.3) is 0 Å². The molecule has 0 radical (unpaired) electrons. The number of aliphatic hydroxyl groups is 4. The van der Waals surface area contributed by atoms with E-state index in [4.69, 9.17) is 14.2 Å². The number of rotatable bonds is 18. The number of morpholine rings is 2. The third kappa shape index (κ3) is 20.8. The molecule has 0 aromatic carbocycles. The summed E-state index contributed by atoms with van der Waals surface area (Å²) in [5, 5.41) is 42.8. The first-order valence-electron chi connectivity index (χ1n) is 54.1. The van der Waals surface area contributed by atoms with E-state index in [9.17, 15) is 52.4 Å². The summed E-state index contributed by atoms with van der Waals surface area (Å²) < 4.78 is 74.2. The van der Waals surface area contributed by atoms with Crippen LogP contribution < -0.4 is 0 Å². The number of nitrogens with zero attached hydrogens (tertiary/aromatic N) is 6. The number of alkyl halides is 2. The molecule has 0 aromatic rings. The molecular formula is C108H180F2N6O13S2. The number of hydrogen-bond acceptors (Lipinski definition) is 17. The van der Waals surface area contributed by atoms with Crippen molar-refractivity contribution in [3.63, 3.8) is 0 Å². The summed E-state index contributed by atoms with van der Waals surface area (Å²) in [5.74, 6) is 23.0. The van der Waals surface area contributed by atoms with Crippen LogP contribution in [0.5, 0.6) is 0 Å². The highest BCUT2D eigenvalue weighted by Gasteiger charge is 2.66. The maximum Gasteiger partial charge on any atom is 0.150 e. The molecule has 20 fully saturated rings. The van der Waals surface area contributed by atoms with Gasteiger partial charge < -0.3 is 34.6 Å². The van der Waals surface area contributed by atoms with E-state index in [1.54, 1.807) is 12.5 Å². The summed E-state index contributed by atoms with van der Waals surface area (Å²) >= 11 is 0. The van der Waals surface area contributed by atoms with Crippen molar-refractivity contribution in [2.24, 2.45) is 164 Å². The number of piperazine rings is 2. The lowest BCUT2D eigenvalue weighted by atomic mass is 9.48. The molecule has 0 amide bonds. The Bertz CT molecular complexity index is 4190. The largest absolute Gasteiger partial charge is 0.390 e. The molecule has 23 heteroatoms. The van der Waals surface area contributed by atoms with Crippen LogP contribution >= 0.6 is 0 Å². The van der Waals surface area contributed by atoms with Crippen LogP contribution in [0.3, 0.4) is 0 Å². The van der Waals surface area contributed by atoms with Gasteiger partial charge >= 0.3 is 0 Å². The van der Waals surface area contributed by atoms with Crippen molar-refractivity contribution in [1.82, 2.24) is 28.2 Å². The van der Waals surface area contributed by atoms with E-state index in [0.29, 0.717) is 153 Å². The Labute approximate surface area is 790 Å². The lowest BCUT2D eigenvalue weighted by Crippen LogP contribution is -2.54. The fourth-order valence-electron chi connectivity index (χ4n) is 36.7. The van der Waals surface area contributed by atoms with Crippen molar-refractivity contribution >= 4 is 54.3 Å². The van der Waals surface area contributed by atoms with Crippen LogP contribution in [-0.4, -0.2) is 283 Å². The zero-order chi connectivity index (χ0) is 93.1. The molecule has 4 heterocycles. The monoisotopic (exact) mass is 1870 g/mol. The second-order valence-electron chi connectivity index (χ2n) is 50.7. The Balaban J connectivity index is 0.000000122. The minimum absolute atomic E-state index is 0.0412. The molecule has 20 rings (SSSR count). The molecule has 131 heavy (non-hydrogen) atoms. The van der Waals surface area contributed by atoms with Crippen LogP contribution in [0, 0.1) is 164 Å². The number of halogens is 2. The van der Waals surface area contributed by atoms with E-state index in [1.807, 2.05) is 22.5 Å². The molecular weight excluding hydrogens is 1690 g/mol. The lowest BCUT2D eigenvalue weighted by Gasteiger charge is -2.57. The highest BCUT2D eigenvalue weighted by Crippen LogP contribution is 2.70. The number of ether oxygens (including phenoxy) is 3. The van der Waals surface area contributed by atoms with E-state index in [0.717, 1.165) is 248 Å². The van der Waals surface area contributed by atoms with Crippen LogP contribution in [0.4, 0.5) is 8.78 Å². The van der Waals surface area contributed by atoms with Gasteiger partial charge in [-0.15, -0.1) is 0 Å². The number of ketones is 4. The number of carbonyl (C=O) groups excluding carboxylic acids is 4. The van der Waals surface area contributed by atoms with Crippen LogP contribution in [-0.2, 0) is 52.8 Å². The topological polar surface area (TPSA) is 230 Å². The minimum Gasteiger partial charge on any atom is -0.390 e. The van der Waals surface area contributed by atoms with Gasteiger partial charge in [-0.2, -0.15) is 0 Å². The summed E-state index contributed by atoms with van der Waals surface area (Å²) in [5.41, 5.74) is -2.28. The summed E-state index contributed by atoms with van der Waals surface area (Å²) in [6.07, 6.45) is 40.6. The van der Waals surface area contributed by atoms with Crippen LogP contribution in [0.1, 0.15) is 287 Å². The molecule has 16 saturated carbocycles. The number of fused-ring (bicyclic) bond motifs is 20. The number of Topliss-reactive ketones (excluding diaryl/α,β-unsaturated/α-hetero) is 4. The zero-order valence-electron chi connectivity index (χ0n) is 83.3. The van der Waals surface area contributed by atoms with Gasteiger partial charge in [0.05, 0.1) is 80.6 Å². The predicted molar refractivity (Wildman–Crippen MR) is 518 cm³/mol. The molecule has 0 bridgehead atoms. The molecule has 4 N–H and O–H groups in total. The first kappa shape index (κ1) is 101. The smallest absolute Gasteiger partial charge is 0.150 e. The normalized spacial score (nSPS) is 49.1. The van der Waals surface area contributed by atoms with Crippen molar-refractivity contribution in [3.05, 3.63) is 0 Å². The van der Waals surface area contributed by atoms with Crippen LogP contribution in [0.2, 0.25) is 0 Å². The third-order valence-corrected chi connectivity index (χ3v) is 45.9. The Hall–Kier alpha value is -1.94. The average molecular weight is 1870 g/mol. The molecule has 2 unspecified atom stereocenters. The van der Waals surface area contributed by atoms with E-state index in [1.165, 1.54) is 89.9 Å². The van der Waals surface area contributed by atoms with Gasteiger partial charge in [0.2, 0.25) is 0 Å². The van der Waals surface area contributed by atoms with Crippen molar-refractivity contribution < 1.29 is 71.0 Å². The molecule has 4 saturated heterocycles. The molecule has 19 nitrogen and oxygen atoms in total. The third-order valence-electron chi connectivity index (χ3n) is 42.9. The maximum atomic E-state index is 15.4. The molecule has 4 aliphatic heterocycles. The van der Waals surface area contributed by atoms with Gasteiger partial charge in [0.1, 0.15) is 36.0 Å². The summed E-state index contributed by atoms with van der Waals surface area (Å²) in [6.45, 7) is 33.8. The van der Waals surface area contributed by atoms with E-state index >= 15 is 4.39 Å². The summed E-state index contributed by atoms with van der Waals surface area (Å²) in [7, 11) is -4.31. The standard InChI is InChI=1S/C29H50N2O4S.C27H45FN2O3S.C27H45NO3.C25H40FNO3/c1-5-35-20-29(33)13-11-22-21(18-29)6-7-24-23(22)10-12-28(2)25(24)8-9-26(28)27(32)19-30-14-16-31(17-15-30)36(3,4)34;1-26-10-8-21-20-9-11-27(32,18-28)16-19(20)4-5-22(21)23(26)6-7-24(26)25(31)17-29-12-14-30(15-13-29)34(2,3)33;1-17-14-28(15-18(2)31-17)16-25(29)24-8-7-23-22-6-5-19-13-26(3,30)11-9-20(19)21(22)10-12-27(23,24)4;1-24(29)7-5-17-16-6-8-25(2)20(18(16)13-22(26)19(17)14-24)3-4-21(25)23(28)15-27-9-11-30-12-10-27/h21-26,33H,3,5-20H2,1-2,4H3;19-24,32H,2,4-18H2,1,3H3;17-24,30H,5-16H2,1-4H3;16-22,29H,3-15H2,1-2H3/t21-,22-,23+,24+,25-,26+,28-,29+,36?;19-,20+,21-,22-,23+,24-,26+,27-,34?;17-,18-,19+,20-,21+,22+,23-,24+,26+,27-;16-,17-,18-,19+,20+,21-,22-,24-,25+/m0101/s1. The average Bonchev–Trinajstić information content (AvgIpc) is 1.64. The van der Waals surface area contributed by atoms with E-state index < -0.39 is 54.7 Å². The predicted octanol–water partition coefficient (Wildman–Crippen LogP) is 15.4. The molecule has 16 aliphatic carbocycles. The van der Waals surface area contributed by atoms with Gasteiger partial charge in [-0.1, -0.05) is 27.7 Å². The highest BCUT2D eigenvalue weighted by atomic mass is 32.2. The van der Waals surface area contributed by atoms with Crippen molar-refractivity contribution in [1.29, 1.82) is 0 Å². The van der Waals surface area contributed by atoms with Crippen LogP contribution in [0.25, 0.3) is 0 Å². The van der Waals surface area contributed by atoms with Gasteiger partial charge in [-0.3, -0.25) is 47.2 Å². The van der Waals surface area contributed by atoms with Gasteiger partial charge in [0.15, 0.2) is 0 Å². The zero-order valence-corrected chi connectivity index (χ0v) is 85.0. The van der Waals surface area contributed by atoms with Gasteiger partial charge in [-0.05, 0) is 411 Å². The Morgan fingerprint density at radius 3 is 1.11 bits per heavy atom. The molecule has 0 spiro atoms. The fourth-order valence-corrected chi connectivity index (χ4v) is 38.6.